The lowest BCUT2D eigenvalue weighted by molar-refractivity contribution is -0.122. The smallest absolute Gasteiger partial charge is 0.244 e. The molecule has 5 rings (SSSR count). The molecule has 152 valence electrons. The van der Waals surface area contributed by atoms with Crippen LogP contribution in [0.2, 0.25) is 5.02 Å². The predicted octanol–water partition coefficient (Wildman–Crippen LogP) is 5.24. The second-order valence-electron chi connectivity index (χ2n) is 8.90. The SMILES string of the molecule is CCCOc1c(Cl)cc(/C=C/C(=O)NC23CC4CC(CC(C4)C2)C3)cc1OC. The first-order valence-corrected chi connectivity index (χ1v) is 10.9. The molecule has 1 aromatic carbocycles. The highest BCUT2D eigenvalue weighted by Crippen LogP contribution is 2.55. The molecular formula is C23H30ClNO3. The van der Waals surface area contributed by atoms with E-state index in [4.69, 9.17) is 21.1 Å². The summed E-state index contributed by atoms with van der Waals surface area (Å²) in [5.41, 5.74) is 0.856. The van der Waals surface area contributed by atoms with Crippen molar-refractivity contribution in [3.8, 4) is 11.5 Å². The van der Waals surface area contributed by atoms with Crippen molar-refractivity contribution in [2.45, 2.75) is 57.4 Å². The molecule has 0 atom stereocenters. The molecule has 5 heteroatoms. The Morgan fingerprint density at radius 1 is 1.21 bits per heavy atom. The molecule has 0 heterocycles. The summed E-state index contributed by atoms with van der Waals surface area (Å²) in [6.07, 6.45) is 11.9. The van der Waals surface area contributed by atoms with Gasteiger partial charge in [0, 0.05) is 11.6 Å². The summed E-state index contributed by atoms with van der Waals surface area (Å²) < 4.78 is 11.1. The fraction of sp³-hybridized carbons (Fsp3) is 0.609. The Kier molecular flexibility index (Phi) is 5.59. The number of nitrogens with one attached hydrogen (secondary N) is 1. The minimum atomic E-state index is -0.0108. The molecule has 0 aliphatic heterocycles. The quantitative estimate of drug-likeness (QED) is 0.633. The van der Waals surface area contributed by atoms with Crippen molar-refractivity contribution in [3.05, 3.63) is 28.8 Å². The van der Waals surface area contributed by atoms with Crippen molar-refractivity contribution < 1.29 is 14.3 Å². The first kappa shape index (κ1) is 19.6. The molecule has 28 heavy (non-hydrogen) atoms. The minimum Gasteiger partial charge on any atom is -0.493 e. The Morgan fingerprint density at radius 2 is 1.86 bits per heavy atom. The van der Waals surface area contributed by atoms with Gasteiger partial charge < -0.3 is 14.8 Å². The number of ether oxygens (including phenoxy) is 2. The van der Waals surface area contributed by atoms with Crippen molar-refractivity contribution >= 4 is 23.6 Å². The van der Waals surface area contributed by atoms with Crippen LogP contribution in [0.25, 0.3) is 6.08 Å². The van der Waals surface area contributed by atoms with Gasteiger partial charge in [-0.25, -0.2) is 0 Å². The normalized spacial score (nSPS) is 30.6. The fourth-order valence-corrected chi connectivity index (χ4v) is 6.19. The number of benzene rings is 1. The zero-order chi connectivity index (χ0) is 19.7. The Labute approximate surface area is 172 Å². The Balaban J connectivity index is 1.44. The van der Waals surface area contributed by atoms with E-state index in [-0.39, 0.29) is 11.4 Å². The van der Waals surface area contributed by atoms with Crippen molar-refractivity contribution in [2.75, 3.05) is 13.7 Å². The summed E-state index contributed by atoms with van der Waals surface area (Å²) in [4.78, 5) is 12.7. The lowest BCUT2D eigenvalue weighted by Gasteiger charge is -2.56. The number of carbonyl (C=O) groups is 1. The highest BCUT2D eigenvalue weighted by atomic mass is 35.5. The standard InChI is InChI=1S/C23H30ClNO3/c1-3-6-28-22-19(24)10-15(11-20(22)27-2)4-5-21(26)25-23-12-16-7-17(13-23)9-18(8-16)14-23/h4-5,10-11,16-18H,3,6-9,12-14H2,1-2H3,(H,25,26)/b5-4+. The largest absolute Gasteiger partial charge is 0.493 e. The molecule has 4 aliphatic carbocycles. The number of carbonyl (C=O) groups excluding carboxylic acids is 1. The van der Waals surface area contributed by atoms with Crippen molar-refractivity contribution in [1.29, 1.82) is 0 Å². The lowest BCUT2D eigenvalue weighted by atomic mass is 9.53. The molecule has 4 saturated carbocycles. The Bertz CT molecular complexity index is 738. The van der Waals surface area contributed by atoms with E-state index in [0.717, 1.165) is 49.0 Å². The third-order valence-electron chi connectivity index (χ3n) is 6.56. The second kappa shape index (κ2) is 7.98. The fourth-order valence-electron chi connectivity index (χ4n) is 5.92. The highest BCUT2D eigenvalue weighted by Gasteiger charge is 2.51. The van der Waals surface area contributed by atoms with Gasteiger partial charge in [-0.05, 0) is 86.5 Å². The van der Waals surface area contributed by atoms with Gasteiger partial charge in [0.15, 0.2) is 11.5 Å². The van der Waals surface area contributed by atoms with Gasteiger partial charge in [-0.1, -0.05) is 18.5 Å². The van der Waals surface area contributed by atoms with Crippen LogP contribution in [0.4, 0.5) is 0 Å². The monoisotopic (exact) mass is 403 g/mol. The maximum absolute atomic E-state index is 12.7. The second-order valence-corrected chi connectivity index (χ2v) is 9.31. The van der Waals surface area contributed by atoms with Crippen LogP contribution in [0, 0.1) is 17.8 Å². The Morgan fingerprint density at radius 3 is 2.43 bits per heavy atom. The van der Waals surface area contributed by atoms with Gasteiger partial charge >= 0.3 is 0 Å². The molecule has 0 radical (unpaired) electrons. The number of hydrogen-bond acceptors (Lipinski definition) is 3. The first-order valence-electron chi connectivity index (χ1n) is 10.5. The van der Waals surface area contributed by atoms with Crippen LogP contribution in [-0.4, -0.2) is 25.2 Å². The molecule has 4 aliphatic rings. The van der Waals surface area contributed by atoms with Gasteiger partial charge in [0.05, 0.1) is 18.7 Å². The van der Waals surface area contributed by atoms with Crippen LogP contribution < -0.4 is 14.8 Å². The number of hydrogen-bond donors (Lipinski definition) is 1. The zero-order valence-corrected chi connectivity index (χ0v) is 17.6. The summed E-state index contributed by atoms with van der Waals surface area (Å²) >= 11 is 6.37. The van der Waals surface area contributed by atoms with Gasteiger partial charge in [0.25, 0.3) is 0 Å². The zero-order valence-electron chi connectivity index (χ0n) is 16.8. The molecule has 1 amide bonds. The van der Waals surface area contributed by atoms with Crippen LogP contribution >= 0.6 is 11.6 Å². The summed E-state index contributed by atoms with van der Waals surface area (Å²) in [5, 5.41) is 3.86. The van der Waals surface area contributed by atoms with E-state index in [1.165, 1.54) is 19.3 Å². The average Bonchev–Trinajstić information content (AvgIpc) is 2.63. The molecule has 1 N–H and O–H groups in total. The summed E-state index contributed by atoms with van der Waals surface area (Å²) in [5.74, 6) is 3.57. The number of halogens is 1. The molecule has 4 bridgehead atoms. The molecule has 4 fully saturated rings. The van der Waals surface area contributed by atoms with Gasteiger partial charge in [0.1, 0.15) is 0 Å². The summed E-state index contributed by atoms with van der Waals surface area (Å²) in [7, 11) is 1.59. The molecule has 4 nitrogen and oxygen atoms in total. The van der Waals surface area contributed by atoms with E-state index < -0.39 is 0 Å². The topological polar surface area (TPSA) is 47.6 Å². The van der Waals surface area contributed by atoms with Gasteiger partial charge in [-0.2, -0.15) is 0 Å². The van der Waals surface area contributed by atoms with E-state index in [1.807, 2.05) is 19.1 Å². The summed E-state index contributed by atoms with van der Waals surface area (Å²) in [6, 6.07) is 3.66. The van der Waals surface area contributed by atoms with Crippen LogP contribution in [-0.2, 0) is 4.79 Å². The Hall–Kier alpha value is -1.68. The van der Waals surface area contributed by atoms with Gasteiger partial charge in [-0.3, -0.25) is 4.79 Å². The van der Waals surface area contributed by atoms with E-state index in [0.29, 0.717) is 23.1 Å². The maximum atomic E-state index is 12.7. The lowest BCUT2D eigenvalue weighted by Crippen LogP contribution is -2.59. The van der Waals surface area contributed by atoms with Crippen molar-refractivity contribution in [1.82, 2.24) is 5.32 Å². The van der Waals surface area contributed by atoms with Gasteiger partial charge in [0.2, 0.25) is 5.91 Å². The number of amides is 1. The maximum Gasteiger partial charge on any atom is 0.244 e. The van der Waals surface area contributed by atoms with E-state index in [9.17, 15) is 4.79 Å². The van der Waals surface area contributed by atoms with Crippen molar-refractivity contribution in [3.63, 3.8) is 0 Å². The molecular weight excluding hydrogens is 374 g/mol. The van der Waals surface area contributed by atoms with Crippen LogP contribution in [0.5, 0.6) is 11.5 Å². The van der Waals surface area contributed by atoms with Crippen LogP contribution in [0.1, 0.15) is 57.4 Å². The number of methoxy groups -OCH3 is 1. The third kappa shape index (κ3) is 4.03. The summed E-state index contributed by atoms with van der Waals surface area (Å²) in [6.45, 7) is 2.62. The highest BCUT2D eigenvalue weighted by molar-refractivity contribution is 6.32. The van der Waals surface area contributed by atoms with Crippen LogP contribution in [0.15, 0.2) is 18.2 Å². The average molecular weight is 404 g/mol. The molecule has 0 aromatic heterocycles. The predicted molar refractivity (Wildman–Crippen MR) is 112 cm³/mol. The van der Waals surface area contributed by atoms with E-state index >= 15 is 0 Å². The van der Waals surface area contributed by atoms with Crippen LogP contribution in [0.3, 0.4) is 0 Å². The van der Waals surface area contributed by atoms with E-state index in [1.54, 1.807) is 19.3 Å². The van der Waals surface area contributed by atoms with Gasteiger partial charge in [-0.15, -0.1) is 0 Å². The van der Waals surface area contributed by atoms with E-state index in [2.05, 4.69) is 5.32 Å². The molecule has 0 spiro atoms. The molecule has 0 unspecified atom stereocenters. The first-order chi connectivity index (χ1) is 13.5. The number of rotatable bonds is 7. The van der Waals surface area contributed by atoms with Crippen molar-refractivity contribution in [2.24, 2.45) is 17.8 Å². The molecule has 1 aromatic rings. The molecule has 0 saturated heterocycles. The third-order valence-corrected chi connectivity index (χ3v) is 6.84. The minimum absolute atomic E-state index is 0.0108.